The SMILES string of the molecule is CNCCc1c(C)c2cc(Br)ccc2n(C)c1=O. The molecule has 0 fully saturated rings. The monoisotopic (exact) mass is 308 g/mol. The fourth-order valence-electron chi connectivity index (χ4n) is 2.28. The third-order valence-corrected chi connectivity index (χ3v) is 3.86. The van der Waals surface area contributed by atoms with E-state index < -0.39 is 0 Å². The number of rotatable bonds is 3. The van der Waals surface area contributed by atoms with E-state index in [1.165, 1.54) is 0 Å². The topological polar surface area (TPSA) is 34.0 Å². The van der Waals surface area contributed by atoms with Gasteiger partial charge in [0.15, 0.2) is 0 Å². The molecule has 0 saturated heterocycles. The molecule has 0 radical (unpaired) electrons. The lowest BCUT2D eigenvalue weighted by atomic mass is 10.0. The Hall–Kier alpha value is -1.13. The highest BCUT2D eigenvalue weighted by atomic mass is 79.9. The molecule has 1 heterocycles. The van der Waals surface area contributed by atoms with Crippen LogP contribution in [0.5, 0.6) is 0 Å². The van der Waals surface area contributed by atoms with E-state index >= 15 is 0 Å². The summed E-state index contributed by atoms with van der Waals surface area (Å²) in [6.45, 7) is 2.84. The number of benzene rings is 1. The summed E-state index contributed by atoms with van der Waals surface area (Å²) in [5, 5.41) is 4.23. The van der Waals surface area contributed by atoms with Gasteiger partial charge in [-0.15, -0.1) is 0 Å². The predicted molar refractivity (Wildman–Crippen MR) is 79.3 cm³/mol. The van der Waals surface area contributed by atoms with Gasteiger partial charge in [-0.2, -0.15) is 0 Å². The molecule has 18 heavy (non-hydrogen) atoms. The van der Waals surface area contributed by atoms with Gasteiger partial charge in [-0.3, -0.25) is 4.79 Å². The zero-order valence-electron chi connectivity index (χ0n) is 10.9. The number of pyridine rings is 1. The Bertz CT molecular complexity index is 646. The Balaban J connectivity index is 2.76. The number of hydrogen-bond donors (Lipinski definition) is 1. The van der Waals surface area contributed by atoms with Crippen LogP contribution in [-0.2, 0) is 13.5 Å². The molecular weight excluding hydrogens is 292 g/mol. The first-order chi connectivity index (χ1) is 8.56. The lowest BCUT2D eigenvalue weighted by Gasteiger charge is -2.13. The minimum atomic E-state index is 0.109. The highest BCUT2D eigenvalue weighted by Crippen LogP contribution is 2.23. The van der Waals surface area contributed by atoms with Gasteiger partial charge in [-0.1, -0.05) is 15.9 Å². The number of nitrogens with zero attached hydrogens (tertiary/aromatic N) is 1. The number of aryl methyl sites for hydroxylation is 2. The average molecular weight is 309 g/mol. The van der Waals surface area contributed by atoms with E-state index in [2.05, 4.69) is 27.3 Å². The minimum absolute atomic E-state index is 0.109. The van der Waals surface area contributed by atoms with Crippen molar-refractivity contribution in [3.63, 3.8) is 0 Å². The standard InChI is InChI=1S/C14H17BrN2O/c1-9-11(6-7-16-2)14(18)17(3)13-5-4-10(15)8-12(9)13/h4-5,8,16H,6-7H2,1-3H3. The first kappa shape index (κ1) is 13.3. The molecule has 0 aliphatic carbocycles. The molecule has 0 bridgehead atoms. The van der Waals surface area contributed by atoms with Crippen molar-refractivity contribution in [2.24, 2.45) is 7.05 Å². The molecule has 1 aromatic carbocycles. The molecule has 3 nitrogen and oxygen atoms in total. The van der Waals surface area contributed by atoms with Crippen molar-refractivity contribution in [2.75, 3.05) is 13.6 Å². The molecule has 1 aromatic heterocycles. The fourth-order valence-corrected chi connectivity index (χ4v) is 2.64. The highest BCUT2D eigenvalue weighted by Gasteiger charge is 2.11. The Morgan fingerprint density at radius 2 is 2.11 bits per heavy atom. The predicted octanol–water partition coefficient (Wildman–Crippen LogP) is 2.37. The number of nitrogens with one attached hydrogen (secondary N) is 1. The van der Waals surface area contributed by atoms with Crippen LogP contribution in [0, 0.1) is 6.92 Å². The highest BCUT2D eigenvalue weighted by molar-refractivity contribution is 9.10. The number of hydrogen-bond acceptors (Lipinski definition) is 2. The van der Waals surface area contributed by atoms with Crippen molar-refractivity contribution in [2.45, 2.75) is 13.3 Å². The smallest absolute Gasteiger partial charge is 0.254 e. The zero-order chi connectivity index (χ0) is 13.3. The van der Waals surface area contributed by atoms with Gasteiger partial charge in [-0.25, -0.2) is 0 Å². The molecule has 0 aliphatic heterocycles. The van der Waals surface area contributed by atoms with Crippen molar-refractivity contribution in [3.8, 4) is 0 Å². The summed E-state index contributed by atoms with van der Waals surface area (Å²) in [5.41, 5.74) is 3.08. The second kappa shape index (κ2) is 5.24. The van der Waals surface area contributed by atoms with Crippen molar-refractivity contribution in [1.82, 2.24) is 9.88 Å². The van der Waals surface area contributed by atoms with Gasteiger partial charge in [0.1, 0.15) is 0 Å². The lowest BCUT2D eigenvalue weighted by molar-refractivity contribution is 0.768. The van der Waals surface area contributed by atoms with Crippen LogP contribution < -0.4 is 10.9 Å². The molecule has 0 amide bonds. The second-order valence-corrected chi connectivity index (χ2v) is 5.40. The van der Waals surface area contributed by atoms with Crippen LogP contribution >= 0.6 is 15.9 Å². The van der Waals surface area contributed by atoms with Gasteiger partial charge >= 0.3 is 0 Å². The van der Waals surface area contributed by atoms with Gasteiger partial charge in [-0.05, 0) is 50.7 Å². The van der Waals surface area contributed by atoms with E-state index in [4.69, 9.17) is 0 Å². The van der Waals surface area contributed by atoms with Gasteiger partial charge in [0.25, 0.3) is 5.56 Å². The summed E-state index contributed by atoms with van der Waals surface area (Å²) in [7, 11) is 3.73. The van der Waals surface area contributed by atoms with E-state index in [1.54, 1.807) is 4.57 Å². The summed E-state index contributed by atoms with van der Waals surface area (Å²) in [6.07, 6.45) is 0.761. The Kier molecular flexibility index (Phi) is 3.88. The van der Waals surface area contributed by atoms with Crippen LogP contribution in [0.4, 0.5) is 0 Å². The first-order valence-electron chi connectivity index (χ1n) is 5.98. The summed E-state index contributed by atoms with van der Waals surface area (Å²) in [4.78, 5) is 12.3. The molecule has 0 unspecified atom stereocenters. The summed E-state index contributed by atoms with van der Waals surface area (Å²) < 4.78 is 2.77. The van der Waals surface area contributed by atoms with Gasteiger partial charge in [0.05, 0.1) is 5.52 Å². The average Bonchev–Trinajstić information content (AvgIpc) is 2.36. The van der Waals surface area contributed by atoms with E-state index in [0.717, 1.165) is 39.5 Å². The van der Waals surface area contributed by atoms with E-state index in [9.17, 15) is 4.79 Å². The Morgan fingerprint density at radius 1 is 1.39 bits per heavy atom. The summed E-state index contributed by atoms with van der Waals surface area (Å²) in [6, 6.07) is 6.02. The second-order valence-electron chi connectivity index (χ2n) is 4.48. The van der Waals surface area contributed by atoms with E-state index in [1.807, 2.05) is 33.2 Å². The summed E-state index contributed by atoms with van der Waals surface area (Å²) >= 11 is 3.49. The number of halogens is 1. The minimum Gasteiger partial charge on any atom is -0.319 e. The number of fused-ring (bicyclic) bond motifs is 1. The van der Waals surface area contributed by atoms with Gasteiger partial charge in [0, 0.05) is 22.5 Å². The molecule has 0 atom stereocenters. The summed E-state index contributed by atoms with van der Waals surface area (Å²) in [5.74, 6) is 0. The maximum absolute atomic E-state index is 12.3. The van der Waals surface area contributed by atoms with Gasteiger partial charge in [0.2, 0.25) is 0 Å². The van der Waals surface area contributed by atoms with Crippen molar-refractivity contribution < 1.29 is 0 Å². The quantitative estimate of drug-likeness (QED) is 0.944. The van der Waals surface area contributed by atoms with Crippen LogP contribution in [0.25, 0.3) is 10.9 Å². The maximum atomic E-state index is 12.3. The molecule has 4 heteroatoms. The molecule has 2 rings (SSSR count). The third kappa shape index (κ3) is 2.22. The maximum Gasteiger partial charge on any atom is 0.254 e. The van der Waals surface area contributed by atoms with E-state index in [0.29, 0.717) is 0 Å². The molecule has 96 valence electrons. The van der Waals surface area contributed by atoms with Gasteiger partial charge < -0.3 is 9.88 Å². The third-order valence-electron chi connectivity index (χ3n) is 3.36. The molecule has 0 aliphatic rings. The van der Waals surface area contributed by atoms with Crippen molar-refractivity contribution >= 4 is 26.8 Å². The number of likely N-dealkylation sites (N-methyl/N-ethyl adjacent to an activating group) is 1. The van der Waals surface area contributed by atoms with Crippen LogP contribution in [0.3, 0.4) is 0 Å². The van der Waals surface area contributed by atoms with Crippen LogP contribution in [0.2, 0.25) is 0 Å². The van der Waals surface area contributed by atoms with Crippen molar-refractivity contribution in [3.05, 3.63) is 44.2 Å². The fraction of sp³-hybridized carbons (Fsp3) is 0.357. The molecule has 1 N–H and O–H groups in total. The van der Waals surface area contributed by atoms with Crippen LogP contribution in [0.1, 0.15) is 11.1 Å². The molecule has 0 saturated carbocycles. The van der Waals surface area contributed by atoms with Crippen molar-refractivity contribution in [1.29, 1.82) is 0 Å². The molecular formula is C14H17BrN2O. The van der Waals surface area contributed by atoms with Crippen LogP contribution in [0.15, 0.2) is 27.5 Å². The molecule has 0 spiro atoms. The normalized spacial score (nSPS) is 11.1. The first-order valence-corrected chi connectivity index (χ1v) is 6.78. The molecule has 2 aromatic rings. The largest absolute Gasteiger partial charge is 0.319 e. The zero-order valence-corrected chi connectivity index (χ0v) is 12.5. The lowest BCUT2D eigenvalue weighted by Crippen LogP contribution is -2.25. The Morgan fingerprint density at radius 3 is 2.78 bits per heavy atom. The van der Waals surface area contributed by atoms with Crippen LogP contribution in [-0.4, -0.2) is 18.2 Å². The van der Waals surface area contributed by atoms with E-state index in [-0.39, 0.29) is 5.56 Å². The number of aromatic nitrogens is 1. The Labute approximate surface area is 115 Å².